The molecule has 1 amide bonds. The highest BCUT2D eigenvalue weighted by molar-refractivity contribution is 6.04. The third-order valence-corrected chi connectivity index (χ3v) is 3.17. The second kappa shape index (κ2) is 4.77. The van der Waals surface area contributed by atoms with Crippen LogP contribution in [0.15, 0.2) is 43.0 Å². The molecule has 2 N–H and O–H groups in total. The highest BCUT2D eigenvalue weighted by Gasteiger charge is 2.12. The Hall–Kier alpha value is -2.69. The van der Waals surface area contributed by atoms with Crippen LogP contribution < -0.4 is 9.72 Å². The van der Waals surface area contributed by atoms with Crippen molar-refractivity contribution in [1.29, 1.82) is 0 Å². The Labute approximate surface area is 116 Å². The first-order valence-electron chi connectivity index (χ1n) is 6.36. The van der Waals surface area contributed by atoms with Crippen molar-refractivity contribution in [2.75, 3.05) is 5.32 Å². The number of aromatic nitrogens is 3. The topological polar surface area (TPSA) is 61.9 Å². The van der Waals surface area contributed by atoms with Gasteiger partial charge < -0.3 is 5.32 Å². The molecular formula is C15H15N4O+. The van der Waals surface area contributed by atoms with Gasteiger partial charge in [-0.3, -0.25) is 9.78 Å². The monoisotopic (exact) mass is 267 g/mol. The predicted octanol–water partition coefficient (Wildman–Crippen LogP) is 2.02. The number of hydrogen-bond donors (Lipinski definition) is 2. The maximum atomic E-state index is 12.3. The van der Waals surface area contributed by atoms with Crippen molar-refractivity contribution in [3.05, 3.63) is 59.8 Å². The summed E-state index contributed by atoms with van der Waals surface area (Å²) in [5, 5.41) is 2.90. The van der Waals surface area contributed by atoms with Crippen LogP contribution in [0.25, 0.3) is 5.65 Å². The minimum atomic E-state index is -0.131. The number of anilines is 1. The maximum Gasteiger partial charge on any atom is 0.284 e. The molecule has 0 aliphatic carbocycles. The Bertz CT molecular complexity index is 791. The van der Waals surface area contributed by atoms with E-state index in [1.807, 2.05) is 36.7 Å². The summed E-state index contributed by atoms with van der Waals surface area (Å²) in [5.41, 5.74) is 4.27. The summed E-state index contributed by atoms with van der Waals surface area (Å²) in [6.45, 7) is 3.89. The Morgan fingerprint density at radius 3 is 3.00 bits per heavy atom. The standard InChI is InChI=1S/C15H14N4O/c1-10-8-16-5-3-13(10)18-15(20)12-4-6-19-9-11(2)17-14(19)7-12/h3-9H,1-2H3,(H,16,18,20)/p+1. The van der Waals surface area contributed by atoms with E-state index in [0.717, 1.165) is 22.6 Å². The zero-order chi connectivity index (χ0) is 14.1. The van der Waals surface area contributed by atoms with Crippen LogP contribution >= 0.6 is 0 Å². The lowest BCUT2D eigenvalue weighted by Crippen LogP contribution is -2.20. The second-order valence-electron chi connectivity index (χ2n) is 4.79. The minimum Gasteiger partial charge on any atom is -0.322 e. The molecule has 3 heterocycles. The number of nitrogens with one attached hydrogen (secondary N) is 2. The van der Waals surface area contributed by atoms with Gasteiger partial charge in [0.2, 0.25) is 0 Å². The van der Waals surface area contributed by atoms with E-state index >= 15 is 0 Å². The molecule has 0 saturated heterocycles. The fourth-order valence-electron chi connectivity index (χ4n) is 2.12. The number of aryl methyl sites for hydroxylation is 2. The number of nitrogens with zero attached hydrogens (tertiary/aromatic N) is 2. The van der Waals surface area contributed by atoms with Crippen LogP contribution in [0.1, 0.15) is 21.6 Å². The molecule has 0 spiro atoms. The van der Waals surface area contributed by atoms with Gasteiger partial charge >= 0.3 is 0 Å². The van der Waals surface area contributed by atoms with E-state index in [-0.39, 0.29) is 5.91 Å². The molecule has 0 saturated carbocycles. The van der Waals surface area contributed by atoms with Gasteiger partial charge in [0.05, 0.1) is 11.8 Å². The average molecular weight is 267 g/mol. The first-order valence-corrected chi connectivity index (χ1v) is 6.36. The van der Waals surface area contributed by atoms with E-state index < -0.39 is 0 Å². The smallest absolute Gasteiger partial charge is 0.284 e. The lowest BCUT2D eigenvalue weighted by Gasteiger charge is -2.06. The van der Waals surface area contributed by atoms with Crippen LogP contribution in [0.3, 0.4) is 0 Å². The predicted molar refractivity (Wildman–Crippen MR) is 75.6 cm³/mol. The Morgan fingerprint density at radius 2 is 2.20 bits per heavy atom. The first-order chi connectivity index (χ1) is 9.63. The van der Waals surface area contributed by atoms with Gasteiger partial charge in [0.15, 0.2) is 0 Å². The third-order valence-electron chi connectivity index (χ3n) is 3.17. The number of carbonyl (C=O) groups excluding carboxylic acids is 1. The molecule has 0 atom stereocenters. The van der Waals surface area contributed by atoms with Crippen molar-refractivity contribution in [2.24, 2.45) is 0 Å². The molecule has 0 radical (unpaired) electrons. The lowest BCUT2D eigenvalue weighted by molar-refractivity contribution is -0.510. The van der Waals surface area contributed by atoms with Gasteiger partial charge in [0, 0.05) is 31.1 Å². The molecule has 0 fully saturated rings. The molecule has 3 aromatic rings. The van der Waals surface area contributed by atoms with Gasteiger partial charge in [0.1, 0.15) is 11.9 Å². The van der Waals surface area contributed by atoms with Crippen molar-refractivity contribution in [3.8, 4) is 0 Å². The summed E-state index contributed by atoms with van der Waals surface area (Å²) in [5.74, 6) is -0.131. The number of carbonyl (C=O) groups is 1. The molecule has 0 aliphatic rings. The van der Waals surface area contributed by atoms with Crippen molar-refractivity contribution < 1.29 is 9.20 Å². The fraction of sp³-hybridized carbons (Fsp3) is 0.133. The van der Waals surface area contributed by atoms with Crippen LogP contribution in [0, 0.1) is 13.8 Å². The van der Waals surface area contributed by atoms with Gasteiger partial charge in [-0.25, -0.2) is 9.38 Å². The summed E-state index contributed by atoms with van der Waals surface area (Å²) < 4.78 is 1.95. The zero-order valence-corrected chi connectivity index (χ0v) is 11.3. The Kier molecular flexibility index (Phi) is 2.95. The molecule has 0 aliphatic heterocycles. The van der Waals surface area contributed by atoms with Crippen LogP contribution in [-0.4, -0.2) is 15.9 Å². The van der Waals surface area contributed by atoms with Gasteiger partial charge in [-0.15, -0.1) is 0 Å². The first kappa shape index (κ1) is 12.3. The van der Waals surface area contributed by atoms with E-state index in [0.29, 0.717) is 5.56 Å². The van der Waals surface area contributed by atoms with E-state index in [9.17, 15) is 4.79 Å². The molecule has 5 heteroatoms. The van der Waals surface area contributed by atoms with Crippen molar-refractivity contribution >= 4 is 17.2 Å². The maximum absolute atomic E-state index is 12.3. The van der Waals surface area contributed by atoms with Gasteiger partial charge in [-0.1, -0.05) is 0 Å². The number of rotatable bonds is 2. The molecular weight excluding hydrogens is 252 g/mol. The number of H-pyrrole nitrogens is 1. The second-order valence-corrected chi connectivity index (χ2v) is 4.79. The molecule has 20 heavy (non-hydrogen) atoms. The third kappa shape index (κ3) is 2.25. The number of aromatic amines is 1. The van der Waals surface area contributed by atoms with Crippen LogP contribution in [0.4, 0.5) is 5.69 Å². The normalized spacial score (nSPS) is 10.7. The van der Waals surface area contributed by atoms with E-state index in [4.69, 9.17) is 0 Å². The van der Waals surface area contributed by atoms with Crippen LogP contribution in [-0.2, 0) is 0 Å². The van der Waals surface area contributed by atoms with E-state index in [2.05, 4.69) is 15.3 Å². The molecule has 0 unspecified atom stereocenters. The Morgan fingerprint density at radius 1 is 1.35 bits per heavy atom. The molecule has 0 bridgehead atoms. The van der Waals surface area contributed by atoms with Crippen molar-refractivity contribution in [1.82, 2.24) is 9.97 Å². The van der Waals surface area contributed by atoms with Crippen molar-refractivity contribution in [2.45, 2.75) is 13.8 Å². The van der Waals surface area contributed by atoms with Crippen LogP contribution in [0.5, 0.6) is 0 Å². The summed E-state index contributed by atoms with van der Waals surface area (Å²) in [4.78, 5) is 19.5. The van der Waals surface area contributed by atoms with Crippen LogP contribution in [0.2, 0.25) is 0 Å². The lowest BCUT2D eigenvalue weighted by atomic mass is 10.2. The minimum absolute atomic E-state index is 0.131. The summed E-state index contributed by atoms with van der Waals surface area (Å²) in [7, 11) is 0. The summed E-state index contributed by atoms with van der Waals surface area (Å²) >= 11 is 0. The van der Waals surface area contributed by atoms with E-state index in [1.165, 1.54) is 0 Å². The number of fused-ring (bicyclic) bond motifs is 1. The van der Waals surface area contributed by atoms with Gasteiger partial charge in [-0.05, 0) is 24.6 Å². The van der Waals surface area contributed by atoms with E-state index in [1.54, 1.807) is 24.5 Å². The highest BCUT2D eigenvalue weighted by Crippen LogP contribution is 2.13. The molecule has 3 rings (SSSR count). The molecule has 0 aromatic carbocycles. The zero-order valence-electron chi connectivity index (χ0n) is 11.3. The molecule has 100 valence electrons. The summed E-state index contributed by atoms with van der Waals surface area (Å²) in [6.07, 6.45) is 7.23. The van der Waals surface area contributed by atoms with Gasteiger partial charge in [0.25, 0.3) is 11.6 Å². The highest BCUT2D eigenvalue weighted by atomic mass is 16.1. The molecule has 3 aromatic heterocycles. The Balaban J connectivity index is 1.90. The molecule has 5 nitrogen and oxygen atoms in total. The van der Waals surface area contributed by atoms with Gasteiger partial charge in [-0.2, -0.15) is 0 Å². The average Bonchev–Trinajstić information content (AvgIpc) is 2.80. The number of imidazole rings is 1. The summed E-state index contributed by atoms with van der Waals surface area (Å²) in [6, 6.07) is 5.42. The fourth-order valence-corrected chi connectivity index (χ4v) is 2.12. The number of hydrogen-bond acceptors (Lipinski definition) is 2. The largest absolute Gasteiger partial charge is 0.322 e. The number of pyridine rings is 2. The SMILES string of the molecule is Cc1c[n+]2ccc(C(=O)Nc3ccncc3C)cc2[nH]1. The quantitative estimate of drug-likeness (QED) is 0.698. The number of amides is 1. The van der Waals surface area contributed by atoms with Crippen molar-refractivity contribution in [3.63, 3.8) is 0 Å².